The summed E-state index contributed by atoms with van der Waals surface area (Å²) in [6.45, 7) is 0. The van der Waals surface area contributed by atoms with E-state index in [1.807, 2.05) is 18.2 Å². The lowest BCUT2D eigenvalue weighted by molar-refractivity contribution is -0.141. The highest BCUT2D eigenvalue weighted by molar-refractivity contribution is 7.98. The minimum absolute atomic E-state index is 0.0760. The SMILES string of the molecule is COc1cccc(CSc2cc(C(F)(F)F)nc3ncnn23)c1. The first-order valence-corrected chi connectivity index (χ1v) is 7.49. The normalized spacial score (nSPS) is 11.8. The molecule has 0 spiro atoms. The third kappa shape index (κ3) is 3.39. The molecule has 23 heavy (non-hydrogen) atoms. The van der Waals surface area contributed by atoms with Crippen LogP contribution in [0.15, 0.2) is 41.7 Å². The summed E-state index contributed by atoms with van der Waals surface area (Å²) >= 11 is 1.22. The van der Waals surface area contributed by atoms with E-state index in [1.54, 1.807) is 13.2 Å². The third-order valence-corrected chi connectivity index (χ3v) is 4.09. The molecule has 0 atom stereocenters. The Morgan fingerprint density at radius 2 is 2.09 bits per heavy atom. The number of halogens is 3. The van der Waals surface area contributed by atoms with Crippen LogP contribution in [-0.2, 0) is 11.9 Å². The predicted molar refractivity (Wildman–Crippen MR) is 78.3 cm³/mol. The summed E-state index contributed by atoms with van der Waals surface area (Å²) in [7, 11) is 1.56. The number of nitrogens with zero attached hydrogens (tertiary/aromatic N) is 4. The Hall–Kier alpha value is -2.29. The van der Waals surface area contributed by atoms with Gasteiger partial charge in [0.15, 0.2) is 5.69 Å². The molecule has 0 aliphatic heterocycles. The van der Waals surface area contributed by atoms with Gasteiger partial charge in [0.05, 0.1) is 7.11 Å². The number of aromatic nitrogens is 4. The van der Waals surface area contributed by atoms with E-state index in [-0.39, 0.29) is 5.78 Å². The molecule has 0 unspecified atom stereocenters. The topological polar surface area (TPSA) is 52.3 Å². The Morgan fingerprint density at radius 1 is 1.26 bits per heavy atom. The molecular formula is C14H11F3N4OS. The largest absolute Gasteiger partial charge is 0.497 e. The van der Waals surface area contributed by atoms with Crippen LogP contribution in [0.25, 0.3) is 5.78 Å². The molecule has 0 aliphatic rings. The van der Waals surface area contributed by atoms with Crippen LogP contribution < -0.4 is 4.74 Å². The Kier molecular flexibility index (Phi) is 4.12. The van der Waals surface area contributed by atoms with Crippen molar-refractivity contribution in [2.75, 3.05) is 7.11 Å². The molecule has 0 amide bonds. The first-order valence-electron chi connectivity index (χ1n) is 6.51. The van der Waals surface area contributed by atoms with Gasteiger partial charge in [-0.3, -0.25) is 0 Å². The van der Waals surface area contributed by atoms with E-state index >= 15 is 0 Å². The molecule has 2 heterocycles. The van der Waals surface area contributed by atoms with Crippen molar-refractivity contribution in [1.82, 2.24) is 19.6 Å². The number of thioether (sulfide) groups is 1. The van der Waals surface area contributed by atoms with Gasteiger partial charge in [0.25, 0.3) is 5.78 Å². The van der Waals surface area contributed by atoms with Gasteiger partial charge in [-0.2, -0.15) is 27.8 Å². The van der Waals surface area contributed by atoms with Gasteiger partial charge < -0.3 is 4.74 Å². The lowest BCUT2D eigenvalue weighted by Crippen LogP contribution is -2.10. The fourth-order valence-corrected chi connectivity index (χ4v) is 2.89. The summed E-state index contributed by atoms with van der Waals surface area (Å²) in [5.74, 6) is 1.08. The van der Waals surface area contributed by atoms with Crippen molar-refractivity contribution >= 4 is 17.5 Å². The summed E-state index contributed by atoms with van der Waals surface area (Å²) in [6.07, 6.45) is -3.35. The quantitative estimate of drug-likeness (QED) is 0.538. The summed E-state index contributed by atoms with van der Waals surface area (Å²) < 4.78 is 45.2. The van der Waals surface area contributed by atoms with Gasteiger partial charge in [-0.05, 0) is 17.7 Å². The lowest BCUT2D eigenvalue weighted by atomic mass is 10.2. The second-order valence-corrected chi connectivity index (χ2v) is 5.59. The average molecular weight is 340 g/mol. The molecule has 0 saturated heterocycles. The highest BCUT2D eigenvalue weighted by atomic mass is 32.2. The van der Waals surface area contributed by atoms with Gasteiger partial charge in [-0.15, -0.1) is 11.8 Å². The maximum absolute atomic E-state index is 12.9. The monoisotopic (exact) mass is 340 g/mol. The van der Waals surface area contributed by atoms with Crippen LogP contribution in [0.3, 0.4) is 0 Å². The third-order valence-electron chi connectivity index (χ3n) is 3.03. The molecule has 0 radical (unpaired) electrons. The smallest absolute Gasteiger partial charge is 0.433 e. The van der Waals surface area contributed by atoms with Gasteiger partial charge in [0.1, 0.15) is 17.1 Å². The van der Waals surface area contributed by atoms with E-state index in [1.165, 1.54) is 22.6 Å². The van der Waals surface area contributed by atoms with Gasteiger partial charge in [-0.1, -0.05) is 12.1 Å². The lowest BCUT2D eigenvalue weighted by Gasteiger charge is -2.09. The van der Waals surface area contributed by atoms with Crippen molar-refractivity contribution in [2.24, 2.45) is 0 Å². The molecule has 2 aromatic heterocycles. The van der Waals surface area contributed by atoms with Crippen molar-refractivity contribution in [3.8, 4) is 5.75 Å². The fraction of sp³-hybridized carbons (Fsp3) is 0.214. The van der Waals surface area contributed by atoms with E-state index in [9.17, 15) is 13.2 Å². The summed E-state index contributed by atoms with van der Waals surface area (Å²) in [5, 5.41) is 4.24. The highest BCUT2D eigenvalue weighted by Gasteiger charge is 2.34. The Labute approximate surface area is 133 Å². The summed E-state index contributed by atoms with van der Waals surface area (Å²) in [5.41, 5.74) is -0.0564. The van der Waals surface area contributed by atoms with E-state index in [0.29, 0.717) is 16.5 Å². The van der Waals surface area contributed by atoms with Gasteiger partial charge in [0, 0.05) is 11.8 Å². The molecule has 0 bridgehead atoms. The Balaban J connectivity index is 1.91. The average Bonchev–Trinajstić information content (AvgIpc) is 3.00. The molecule has 0 N–H and O–H groups in total. The molecule has 0 aliphatic carbocycles. The Morgan fingerprint density at radius 3 is 2.83 bits per heavy atom. The molecule has 0 fully saturated rings. The fourth-order valence-electron chi connectivity index (χ4n) is 1.95. The maximum Gasteiger partial charge on any atom is 0.433 e. The summed E-state index contributed by atoms with van der Waals surface area (Å²) in [4.78, 5) is 7.22. The zero-order valence-corrected chi connectivity index (χ0v) is 12.7. The molecule has 0 saturated carbocycles. The van der Waals surface area contributed by atoms with Crippen molar-refractivity contribution in [3.63, 3.8) is 0 Å². The molecular weight excluding hydrogens is 329 g/mol. The summed E-state index contributed by atoms with van der Waals surface area (Å²) in [6, 6.07) is 8.31. The minimum Gasteiger partial charge on any atom is -0.497 e. The predicted octanol–water partition coefficient (Wildman–Crippen LogP) is 3.44. The number of benzene rings is 1. The highest BCUT2D eigenvalue weighted by Crippen LogP contribution is 2.32. The van der Waals surface area contributed by atoms with Crippen LogP contribution in [0.4, 0.5) is 13.2 Å². The first kappa shape index (κ1) is 15.6. The van der Waals surface area contributed by atoms with E-state index in [4.69, 9.17) is 4.74 Å². The Bertz CT molecular complexity index is 834. The van der Waals surface area contributed by atoms with Crippen LogP contribution in [0.1, 0.15) is 11.3 Å². The molecule has 5 nitrogen and oxygen atoms in total. The molecule has 120 valence electrons. The van der Waals surface area contributed by atoms with Crippen LogP contribution >= 0.6 is 11.8 Å². The number of alkyl halides is 3. The van der Waals surface area contributed by atoms with Gasteiger partial charge in [-0.25, -0.2) is 4.98 Å². The van der Waals surface area contributed by atoms with Gasteiger partial charge >= 0.3 is 6.18 Å². The number of rotatable bonds is 4. The van der Waals surface area contributed by atoms with Crippen LogP contribution in [0.2, 0.25) is 0 Å². The maximum atomic E-state index is 12.9. The number of hydrogen-bond donors (Lipinski definition) is 0. The van der Waals surface area contributed by atoms with Crippen molar-refractivity contribution < 1.29 is 17.9 Å². The second kappa shape index (κ2) is 6.07. The number of methoxy groups -OCH3 is 1. The zero-order valence-electron chi connectivity index (χ0n) is 11.9. The molecule has 3 rings (SSSR count). The standard InChI is InChI=1S/C14H11F3N4OS/c1-22-10-4-2-3-9(5-10)7-23-12-6-11(14(15,16)17)20-13-18-8-19-21(12)13/h2-6,8H,7H2,1H3. The minimum atomic E-state index is -4.53. The van der Waals surface area contributed by atoms with E-state index in [2.05, 4.69) is 15.1 Å². The molecule has 3 aromatic rings. The number of ether oxygens (including phenoxy) is 1. The first-order chi connectivity index (χ1) is 11.0. The van der Waals surface area contributed by atoms with Crippen LogP contribution in [-0.4, -0.2) is 26.7 Å². The van der Waals surface area contributed by atoms with Crippen molar-refractivity contribution in [2.45, 2.75) is 17.0 Å². The van der Waals surface area contributed by atoms with E-state index < -0.39 is 11.9 Å². The van der Waals surface area contributed by atoms with Crippen LogP contribution in [0, 0.1) is 0 Å². The molecule has 1 aromatic carbocycles. The number of hydrogen-bond acceptors (Lipinski definition) is 5. The van der Waals surface area contributed by atoms with Gasteiger partial charge in [0.2, 0.25) is 0 Å². The number of fused-ring (bicyclic) bond motifs is 1. The van der Waals surface area contributed by atoms with E-state index in [0.717, 1.165) is 11.6 Å². The van der Waals surface area contributed by atoms with Crippen molar-refractivity contribution in [3.05, 3.63) is 47.9 Å². The van der Waals surface area contributed by atoms with Crippen LogP contribution in [0.5, 0.6) is 5.75 Å². The van der Waals surface area contributed by atoms with Crippen molar-refractivity contribution in [1.29, 1.82) is 0 Å². The second-order valence-electron chi connectivity index (χ2n) is 4.59. The zero-order chi connectivity index (χ0) is 16.4. The molecule has 9 heteroatoms.